The number of aliphatic hydroxyl groups excluding tert-OH is 1. The molecule has 31 heavy (non-hydrogen) atoms. The van der Waals surface area contributed by atoms with Gasteiger partial charge in [0, 0.05) is 30.2 Å². The van der Waals surface area contributed by atoms with E-state index in [2.05, 4.69) is 9.97 Å². The predicted octanol–water partition coefficient (Wildman–Crippen LogP) is 3.45. The van der Waals surface area contributed by atoms with Crippen LogP contribution in [0.15, 0.2) is 42.0 Å². The summed E-state index contributed by atoms with van der Waals surface area (Å²) in [6, 6.07) is 4.90. The summed E-state index contributed by atoms with van der Waals surface area (Å²) in [5, 5.41) is 11.6. The average Bonchev–Trinajstić information content (AvgIpc) is 3.22. The number of hydrogen-bond donors (Lipinski definition) is 2. The summed E-state index contributed by atoms with van der Waals surface area (Å²) in [6.07, 6.45) is 2.02. The number of carbonyl (C=O) groups excluding carboxylic acids is 1. The molecule has 1 aliphatic heterocycles. The highest BCUT2D eigenvalue weighted by Crippen LogP contribution is 2.33. The van der Waals surface area contributed by atoms with Crippen molar-refractivity contribution >= 4 is 17.1 Å². The first-order chi connectivity index (χ1) is 14.8. The molecule has 0 saturated carbocycles. The van der Waals surface area contributed by atoms with Gasteiger partial charge in [-0.2, -0.15) is 0 Å². The van der Waals surface area contributed by atoms with Crippen LogP contribution >= 0.6 is 11.3 Å². The number of aromatic nitrogens is 2. The van der Waals surface area contributed by atoms with Crippen LogP contribution in [0.3, 0.4) is 0 Å². The maximum atomic E-state index is 14.0. The number of pyridine rings is 1. The SMILES string of the molecule is C[C@@H]1O[C@H](c2ccncc2CC(=O)c2csc(-c3c(F)cccc3F)n2)C[C@H](N)[C@H]1O. The number of halogens is 2. The van der Waals surface area contributed by atoms with Crippen LogP contribution in [0, 0.1) is 11.6 Å². The van der Waals surface area contributed by atoms with Crippen molar-refractivity contribution in [1.82, 2.24) is 9.97 Å². The molecule has 9 heteroatoms. The van der Waals surface area contributed by atoms with Gasteiger partial charge in [0.15, 0.2) is 5.78 Å². The zero-order chi connectivity index (χ0) is 22.1. The maximum Gasteiger partial charge on any atom is 0.186 e. The van der Waals surface area contributed by atoms with E-state index in [9.17, 15) is 18.7 Å². The summed E-state index contributed by atoms with van der Waals surface area (Å²) in [6.45, 7) is 1.75. The Morgan fingerprint density at radius 2 is 2.06 bits per heavy atom. The molecule has 2 aromatic heterocycles. The molecule has 6 nitrogen and oxygen atoms in total. The Hall–Kier alpha value is -2.59. The Labute approximate surface area is 181 Å². The van der Waals surface area contributed by atoms with Crippen molar-refractivity contribution in [2.75, 3.05) is 0 Å². The number of ketones is 1. The number of thiazole rings is 1. The quantitative estimate of drug-likeness (QED) is 0.584. The summed E-state index contributed by atoms with van der Waals surface area (Å²) < 4.78 is 34.0. The van der Waals surface area contributed by atoms with E-state index in [1.54, 1.807) is 25.4 Å². The van der Waals surface area contributed by atoms with Gasteiger partial charge < -0.3 is 15.6 Å². The molecule has 0 unspecified atom stereocenters. The highest BCUT2D eigenvalue weighted by molar-refractivity contribution is 7.13. The first-order valence-corrected chi connectivity index (χ1v) is 10.7. The molecular formula is C22H21F2N3O3S. The molecular weight excluding hydrogens is 424 g/mol. The normalized spacial score (nSPS) is 23.6. The van der Waals surface area contributed by atoms with Gasteiger partial charge in [-0.25, -0.2) is 13.8 Å². The van der Waals surface area contributed by atoms with Crippen molar-refractivity contribution in [2.24, 2.45) is 5.73 Å². The Morgan fingerprint density at radius 3 is 2.77 bits per heavy atom. The minimum atomic E-state index is -0.754. The molecule has 0 amide bonds. The number of nitrogens with two attached hydrogens (primary N) is 1. The van der Waals surface area contributed by atoms with Crippen LogP contribution < -0.4 is 5.73 Å². The molecule has 162 valence electrons. The second-order valence-corrected chi connectivity index (χ2v) is 8.39. The number of aliphatic hydroxyl groups is 1. The molecule has 0 aliphatic carbocycles. The topological polar surface area (TPSA) is 98.3 Å². The molecule has 3 heterocycles. The van der Waals surface area contributed by atoms with Crippen LogP contribution in [-0.4, -0.2) is 39.1 Å². The number of nitrogens with zero attached hydrogens (tertiary/aromatic N) is 2. The van der Waals surface area contributed by atoms with Gasteiger partial charge in [0.05, 0.1) is 23.9 Å². The van der Waals surface area contributed by atoms with E-state index in [0.717, 1.165) is 29.0 Å². The van der Waals surface area contributed by atoms with Crippen molar-refractivity contribution in [3.63, 3.8) is 0 Å². The van der Waals surface area contributed by atoms with E-state index >= 15 is 0 Å². The van der Waals surface area contributed by atoms with Crippen LogP contribution in [0.25, 0.3) is 10.6 Å². The number of hydrogen-bond acceptors (Lipinski definition) is 7. The third-order valence-corrected chi connectivity index (χ3v) is 6.25. The van der Waals surface area contributed by atoms with Crippen LogP contribution in [0.4, 0.5) is 8.78 Å². The van der Waals surface area contributed by atoms with Crippen LogP contribution in [0.5, 0.6) is 0 Å². The number of benzene rings is 1. The Kier molecular flexibility index (Phi) is 6.19. The largest absolute Gasteiger partial charge is 0.389 e. The van der Waals surface area contributed by atoms with E-state index in [4.69, 9.17) is 10.5 Å². The first-order valence-electron chi connectivity index (χ1n) is 9.80. The van der Waals surface area contributed by atoms with Crippen molar-refractivity contribution in [3.8, 4) is 10.6 Å². The molecule has 0 spiro atoms. The van der Waals surface area contributed by atoms with Crippen molar-refractivity contribution in [1.29, 1.82) is 0 Å². The summed E-state index contributed by atoms with van der Waals surface area (Å²) in [5.41, 5.74) is 7.35. The van der Waals surface area contributed by atoms with E-state index in [0.29, 0.717) is 12.0 Å². The van der Waals surface area contributed by atoms with Crippen molar-refractivity contribution < 1.29 is 23.4 Å². The van der Waals surface area contributed by atoms with Crippen LogP contribution in [0.2, 0.25) is 0 Å². The molecule has 3 N–H and O–H groups in total. The molecule has 1 aromatic carbocycles. The highest BCUT2D eigenvalue weighted by atomic mass is 32.1. The van der Waals surface area contributed by atoms with Gasteiger partial charge in [-0.15, -0.1) is 11.3 Å². The predicted molar refractivity (Wildman–Crippen MR) is 112 cm³/mol. The Morgan fingerprint density at radius 1 is 1.32 bits per heavy atom. The third-order valence-electron chi connectivity index (χ3n) is 5.39. The molecule has 0 bridgehead atoms. The highest BCUT2D eigenvalue weighted by Gasteiger charge is 2.34. The zero-order valence-corrected chi connectivity index (χ0v) is 17.5. The minimum Gasteiger partial charge on any atom is -0.389 e. The molecule has 1 saturated heterocycles. The van der Waals surface area contributed by atoms with Gasteiger partial charge in [-0.3, -0.25) is 9.78 Å². The van der Waals surface area contributed by atoms with Gasteiger partial charge in [0.2, 0.25) is 0 Å². The molecule has 0 radical (unpaired) electrons. The Balaban J connectivity index is 1.56. The summed E-state index contributed by atoms with van der Waals surface area (Å²) in [5.74, 6) is -1.77. The van der Waals surface area contributed by atoms with E-state index in [-0.39, 0.29) is 34.6 Å². The van der Waals surface area contributed by atoms with Crippen LogP contribution in [0.1, 0.15) is 41.1 Å². The first kappa shape index (κ1) is 21.6. The second-order valence-electron chi connectivity index (χ2n) is 7.53. The lowest BCUT2D eigenvalue weighted by Crippen LogP contribution is -2.48. The molecule has 3 aromatic rings. The van der Waals surface area contributed by atoms with E-state index in [1.807, 2.05) is 0 Å². The summed E-state index contributed by atoms with van der Waals surface area (Å²) in [4.78, 5) is 21.1. The molecule has 4 rings (SSSR count). The lowest BCUT2D eigenvalue weighted by Gasteiger charge is -2.37. The lowest BCUT2D eigenvalue weighted by molar-refractivity contribution is -0.119. The smallest absolute Gasteiger partial charge is 0.186 e. The maximum absolute atomic E-state index is 14.0. The molecule has 1 aliphatic rings. The monoisotopic (exact) mass is 445 g/mol. The fraction of sp³-hybridized carbons (Fsp3) is 0.318. The zero-order valence-electron chi connectivity index (χ0n) is 16.7. The number of carbonyl (C=O) groups is 1. The van der Waals surface area contributed by atoms with Gasteiger partial charge in [-0.05, 0) is 42.7 Å². The van der Waals surface area contributed by atoms with Gasteiger partial charge in [0.25, 0.3) is 0 Å². The van der Waals surface area contributed by atoms with Gasteiger partial charge in [-0.1, -0.05) is 6.07 Å². The van der Waals surface area contributed by atoms with Crippen LogP contribution in [-0.2, 0) is 11.2 Å². The number of rotatable bonds is 5. The minimum absolute atomic E-state index is 0.00185. The summed E-state index contributed by atoms with van der Waals surface area (Å²) >= 11 is 1.01. The van der Waals surface area contributed by atoms with Gasteiger partial charge in [0.1, 0.15) is 22.3 Å². The molecule has 4 atom stereocenters. The Bertz CT molecular complexity index is 1070. The summed E-state index contributed by atoms with van der Waals surface area (Å²) in [7, 11) is 0. The molecule has 1 fully saturated rings. The van der Waals surface area contributed by atoms with Crippen molar-refractivity contribution in [3.05, 3.63) is 70.5 Å². The lowest BCUT2D eigenvalue weighted by atomic mass is 9.90. The number of Topliss-reactive ketones (excluding diaryl/α,β-unsaturated/α-hetero) is 1. The second kappa shape index (κ2) is 8.88. The fourth-order valence-electron chi connectivity index (χ4n) is 3.71. The standard InChI is InChI=1S/C22H21F2N3O3S/c1-11-21(29)16(25)8-19(30-11)13-5-6-26-9-12(13)7-18(28)17-10-31-22(27-17)20-14(23)3-2-4-15(20)24/h2-6,9-11,16,19,21,29H,7-8,25H2,1H3/t11-,16-,19-,21-/m0/s1. The average molecular weight is 445 g/mol. The van der Waals surface area contributed by atoms with Gasteiger partial charge >= 0.3 is 0 Å². The number of ether oxygens (including phenoxy) is 1. The fourth-order valence-corrected chi connectivity index (χ4v) is 4.58. The van der Waals surface area contributed by atoms with E-state index < -0.39 is 29.9 Å². The van der Waals surface area contributed by atoms with Crippen molar-refractivity contribution in [2.45, 2.75) is 44.1 Å². The van der Waals surface area contributed by atoms with E-state index in [1.165, 1.54) is 11.4 Å². The third kappa shape index (κ3) is 4.40.